The number of rotatable bonds is 8. The summed E-state index contributed by atoms with van der Waals surface area (Å²) >= 11 is 12.9. The lowest BCUT2D eigenvalue weighted by Crippen LogP contribution is -2.31. The van der Waals surface area contributed by atoms with Gasteiger partial charge < -0.3 is 15.0 Å². The highest BCUT2D eigenvalue weighted by Crippen LogP contribution is 2.29. The molecule has 0 aliphatic heterocycles. The second kappa shape index (κ2) is 16.2. The van der Waals surface area contributed by atoms with E-state index in [-0.39, 0.29) is 15.6 Å². The molecule has 0 heterocycles. The summed E-state index contributed by atoms with van der Waals surface area (Å²) in [6.45, 7) is 8.67. The van der Waals surface area contributed by atoms with Crippen molar-refractivity contribution < 1.29 is 23.0 Å². The van der Waals surface area contributed by atoms with Gasteiger partial charge in [0, 0.05) is 23.3 Å². The van der Waals surface area contributed by atoms with Crippen molar-refractivity contribution in [2.75, 3.05) is 17.3 Å². The highest BCUT2D eigenvalue weighted by molar-refractivity contribution is 8.19. The smallest absolute Gasteiger partial charge is 0.309 e. The summed E-state index contributed by atoms with van der Waals surface area (Å²) in [5, 5.41) is 2.83. The van der Waals surface area contributed by atoms with E-state index in [1.807, 2.05) is 13.0 Å². The van der Waals surface area contributed by atoms with Crippen LogP contribution < -0.4 is 14.9 Å². The largest absolute Gasteiger partial charge is 0.331 e. The fraction of sp³-hybridized carbons (Fsp3) is 0.240. The van der Waals surface area contributed by atoms with Crippen molar-refractivity contribution in [3.8, 4) is 0 Å². The molecule has 0 saturated heterocycles. The summed E-state index contributed by atoms with van der Waals surface area (Å²) in [5.74, 6) is -1.14. The third-order valence-electron chi connectivity index (χ3n) is 4.62. The molecule has 1 aliphatic carbocycles. The van der Waals surface area contributed by atoms with E-state index in [4.69, 9.17) is 28.0 Å². The van der Waals surface area contributed by atoms with Crippen molar-refractivity contribution in [2.45, 2.75) is 33.6 Å². The number of amides is 3. The third kappa shape index (κ3) is 10.3. The molecule has 1 aromatic carbocycles. The number of thioether (sulfide) groups is 1. The zero-order valence-corrected chi connectivity index (χ0v) is 23.9. The second-order valence-electron chi connectivity index (χ2n) is 7.12. The maximum atomic E-state index is 14.9. The number of hydrogen-bond acceptors (Lipinski definition) is 5. The molecule has 7 nitrogen and oxygen atoms in total. The first-order valence-corrected chi connectivity index (χ1v) is 13.6. The van der Waals surface area contributed by atoms with Crippen LogP contribution in [0.15, 0.2) is 73.9 Å². The molecule has 1 unspecified atom stereocenters. The zero-order valence-electron chi connectivity index (χ0n) is 20.8. The number of benzene rings is 1. The van der Waals surface area contributed by atoms with Crippen LogP contribution in [0.3, 0.4) is 0 Å². The van der Waals surface area contributed by atoms with Gasteiger partial charge in [0.15, 0.2) is 11.0 Å². The molecule has 1 atom stereocenters. The Hall–Kier alpha value is -2.66. The molecule has 200 valence electrons. The molecule has 0 fully saturated rings. The number of nitrogens with one attached hydrogen (secondary N) is 2. The highest BCUT2D eigenvalue weighted by atomic mass is 35.5. The highest BCUT2D eigenvalue weighted by Gasteiger charge is 2.22. The maximum Gasteiger partial charge on any atom is 0.331 e. The average Bonchev–Trinajstić information content (AvgIpc) is 3.04. The minimum atomic E-state index is -1.92. The normalized spacial score (nSPS) is 13.9. The monoisotopic (exact) mass is 587 g/mol. The summed E-state index contributed by atoms with van der Waals surface area (Å²) < 4.78 is 29.7. The Balaban J connectivity index is 0.00000217. The molecule has 3 amide bonds. The number of carbonyl (C=O) groups is 3. The zero-order chi connectivity index (χ0) is 28.1. The van der Waals surface area contributed by atoms with Gasteiger partial charge in [0.2, 0.25) is 0 Å². The summed E-state index contributed by atoms with van der Waals surface area (Å²) in [6, 6.07) is 3.03. The summed E-state index contributed by atoms with van der Waals surface area (Å²) in [7, 11) is -0.460. The fourth-order valence-electron chi connectivity index (χ4n) is 2.90. The van der Waals surface area contributed by atoms with E-state index in [9.17, 15) is 18.2 Å². The lowest BCUT2D eigenvalue weighted by atomic mass is 10.0. The molecule has 0 radical (unpaired) electrons. The van der Waals surface area contributed by atoms with Gasteiger partial charge in [-0.3, -0.25) is 9.52 Å². The lowest BCUT2D eigenvalue weighted by molar-refractivity contribution is -0.114. The number of halogens is 3. The Morgan fingerprint density at radius 1 is 1.30 bits per heavy atom. The number of anilines is 2. The number of likely N-dealkylation sites (N-methyl/N-ethyl adjacent to an activating group) is 1. The Morgan fingerprint density at radius 2 is 1.95 bits per heavy atom. The van der Waals surface area contributed by atoms with Crippen LogP contribution >= 0.6 is 35.0 Å². The van der Waals surface area contributed by atoms with E-state index in [1.165, 1.54) is 31.0 Å². The molecule has 0 aromatic heterocycles. The molecule has 0 spiro atoms. The van der Waals surface area contributed by atoms with Gasteiger partial charge >= 0.3 is 6.03 Å². The predicted octanol–water partition coefficient (Wildman–Crippen LogP) is 6.87. The average molecular weight is 589 g/mol. The number of carbonyl (C=O) groups excluding carboxylic acids is 3. The predicted molar refractivity (Wildman–Crippen MR) is 153 cm³/mol. The number of hydrogen-bond donors (Lipinski definition) is 2. The molecular formula is C25H28Cl2FN3O4S2. The van der Waals surface area contributed by atoms with Gasteiger partial charge in [-0.25, -0.2) is 13.4 Å². The SMILES string of the molecule is C=C(S/C(Cl)=C\C)S(=O)NC(=O)Nc1ccc(N(C)C(=O)C2=CC(Cl)=CCC=C2CC)c(F)c1.CC=O. The van der Waals surface area contributed by atoms with Crippen LogP contribution in [0.2, 0.25) is 0 Å². The number of allylic oxidation sites excluding steroid dienone is 5. The van der Waals surface area contributed by atoms with E-state index in [0.717, 1.165) is 29.7 Å². The van der Waals surface area contributed by atoms with Gasteiger partial charge in [-0.15, -0.1) is 0 Å². The standard InChI is InChI=1S/C23H24Cl2FN3O3S2.C2H4O/c1-5-15-8-7-9-16(24)12-18(15)22(30)29(4)20-11-10-17(13-19(20)26)27-23(31)28-34(32)14(3)33-21(25)6-2;1-2-3/h6,8-13H,3,5,7H2,1-2,4H3,(H2,27,28,31);2H,1H3/b21-6-;. The van der Waals surface area contributed by atoms with Crippen LogP contribution in [-0.2, 0) is 20.6 Å². The van der Waals surface area contributed by atoms with Crippen LogP contribution in [0.1, 0.15) is 33.6 Å². The van der Waals surface area contributed by atoms with Crippen molar-refractivity contribution in [1.29, 1.82) is 0 Å². The van der Waals surface area contributed by atoms with Crippen LogP contribution in [0.4, 0.5) is 20.6 Å². The van der Waals surface area contributed by atoms with Crippen LogP contribution in [0.25, 0.3) is 0 Å². The Morgan fingerprint density at radius 3 is 2.51 bits per heavy atom. The van der Waals surface area contributed by atoms with Gasteiger partial charge in [-0.05, 0) is 56.5 Å². The molecule has 1 aromatic rings. The topological polar surface area (TPSA) is 95.6 Å². The van der Waals surface area contributed by atoms with Gasteiger partial charge in [-0.2, -0.15) is 0 Å². The molecule has 1 aliphatic rings. The quantitative estimate of drug-likeness (QED) is 0.323. The van der Waals surface area contributed by atoms with Gasteiger partial charge in [0.1, 0.15) is 12.1 Å². The lowest BCUT2D eigenvalue weighted by Gasteiger charge is -2.21. The summed E-state index contributed by atoms with van der Waals surface area (Å²) in [4.78, 5) is 35.2. The summed E-state index contributed by atoms with van der Waals surface area (Å²) in [5.41, 5.74) is 1.34. The first-order chi connectivity index (χ1) is 17.5. The second-order valence-corrected chi connectivity index (χ2v) is 10.8. The Kier molecular flexibility index (Phi) is 14.2. The van der Waals surface area contributed by atoms with Crippen LogP contribution in [0.5, 0.6) is 0 Å². The van der Waals surface area contributed by atoms with E-state index in [1.54, 1.807) is 25.2 Å². The van der Waals surface area contributed by atoms with E-state index in [0.29, 0.717) is 27.8 Å². The minimum Gasteiger partial charge on any atom is -0.309 e. The number of urea groups is 1. The van der Waals surface area contributed by atoms with Crippen molar-refractivity contribution in [1.82, 2.24) is 4.72 Å². The van der Waals surface area contributed by atoms with Gasteiger partial charge in [0.25, 0.3) is 5.91 Å². The minimum absolute atomic E-state index is 0.0195. The maximum absolute atomic E-state index is 14.9. The van der Waals surface area contributed by atoms with Crippen molar-refractivity contribution >= 4 is 75.5 Å². The third-order valence-corrected chi connectivity index (χ3v) is 7.48. The van der Waals surface area contributed by atoms with Crippen molar-refractivity contribution in [3.63, 3.8) is 0 Å². The van der Waals surface area contributed by atoms with Crippen molar-refractivity contribution in [2.24, 2.45) is 0 Å². The molecule has 2 rings (SSSR count). The molecule has 12 heteroatoms. The van der Waals surface area contributed by atoms with Crippen LogP contribution in [0, 0.1) is 5.82 Å². The number of nitrogens with zero attached hydrogens (tertiary/aromatic N) is 1. The fourth-order valence-corrected chi connectivity index (χ4v) is 4.88. The first-order valence-electron chi connectivity index (χ1n) is 10.9. The van der Waals surface area contributed by atoms with E-state index >= 15 is 0 Å². The van der Waals surface area contributed by atoms with Gasteiger partial charge in [0.05, 0.1) is 14.3 Å². The Labute approximate surface area is 233 Å². The molecule has 0 saturated carbocycles. The van der Waals surface area contributed by atoms with Crippen LogP contribution in [-0.4, -0.2) is 29.5 Å². The molecule has 0 bridgehead atoms. The molecule has 37 heavy (non-hydrogen) atoms. The van der Waals surface area contributed by atoms with E-state index in [2.05, 4.69) is 16.6 Å². The number of aldehydes is 1. The molecule has 2 N–H and O–H groups in total. The first kappa shape index (κ1) is 32.4. The summed E-state index contributed by atoms with van der Waals surface area (Å²) in [6.07, 6.45) is 8.86. The Bertz CT molecular complexity index is 1200. The molecular weight excluding hydrogens is 560 g/mol. The van der Waals surface area contributed by atoms with Crippen molar-refractivity contribution in [3.05, 3.63) is 79.7 Å². The van der Waals surface area contributed by atoms with Gasteiger partial charge in [-0.1, -0.05) is 66.7 Å². The van der Waals surface area contributed by atoms with E-state index < -0.39 is 28.7 Å².